The van der Waals surface area contributed by atoms with Gasteiger partial charge < -0.3 is 15.8 Å². The van der Waals surface area contributed by atoms with E-state index in [0.29, 0.717) is 13.1 Å². The van der Waals surface area contributed by atoms with Gasteiger partial charge in [-0.2, -0.15) is 0 Å². The second kappa shape index (κ2) is 6.83. The zero-order chi connectivity index (χ0) is 14.5. The fourth-order valence-electron chi connectivity index (χ4n) is 2.63. The number of amides is 1. The number of benzene rings is 1. The first-order valence-electron chi connectivity index (χ1n) is 7.04. The number of anilines is 1. The molecule has 0 saturated carbocycles. The molecule has 0 unspecified atom stereocenters. The summed E-state index contributed by atoms with van der Waals surface area (Å²) in [5, 5.41) is 2.94. The third-order valence-electron chi connectivity index (χ3n) is 3.37. The number of carbonyl (C=O) groups is 1. The molecule has 1 aromatic carbocycles. The summed E-state index contributed by atoms with van der Waals surface area (Å²) >= 11 is 0. The average molecular weight is 277 g/mol. The molecule has 1 heterocycles. The Hall–Kier alpha value is -1.43. The van der Waals surface area contributed by atoms with Crippen molar-refractivity contribution >= 4 is 11.6 Å². The smallest absolute Gasteiger partial charge is 0.238 e. The fraction of sp³-hybridized carbons (Fsp3) is 0.533. The number of hydrogen-bond donors (Lipinski definition) is 2. The van der Waals surface area contributed by atoms with E-state index in [1.54, 1.807) is 0 Å². The van der Waals surface area contributed by atoms with Crippen LogP contribution in [0.2, 0.25) is 0 Å². The quantitative estimate of drug-likeness (QED) is 0.867. The highest BCUT2D eigenvalue weighted by Crippen LogP contribution is 2.15. The third-order valence-corrected chi connectivity index (χ3v) is 3.37. The normalized spacial score (nSPS) is 23.6. The molecule has 1 aliphatic heterocycles. The van der Waals surface area contributed by atoms with Crippen LogP contribution in [0.4, 0.5) is 5.69 Å². The Bertz CT molecular complexity index is 454. The number of hydrogen-bond acceptors (Lipinski definition) is 4. The Morgan fingerprint density at radius 1 is 1.35 bits per heavy atom. The van der Waals surface area contributed by atoms with Crippen LogP contribution in [0.5, 0.6) is 0 Å². The minimum Gasteiger partial charge on any atom is -0.373 e. The van der Waals surface area contributed by atoms with E-state index in [2.05, 4.69) is 10.2 Å². The van der Waals surface area contributed by atoms with Crippen LogP contribution in [0.25, 0.3) is 0 Å². The molecule has 2 rings (SSSR count). The first-order valence-corrected chi connectivity index (χ1v) is 7.04. The molecule has 0 radical (unpaired) electrons. The highest BCUT2D eigenvalue weighted by molar-refractivity contribution is 5.93. The Morgan fingerprint density at radius 3 is 2.65 bits per heavy atom. The van der Waals surface area contributed by atoms with Crippen LogP contribution in [-0.2, 0) is 16.1 Å². The number of morpholine rings is 1. The van der Waals surface area contributed by atoms with Crippen LogP contribution in [-0.4, -0.2) is 42.6 Å². The average Bonchev–Trinajstić information content (AvgIpc) is 2.37. The summed E-state index contributed by atoms with van der Waals surface area (Å²) in [6.45, 7) is 6.44. The van der Waals surface area contributed by atoms with E-state index < -0.39 is 0 Å². The monoisotopic (exact) mass is 277 g/mol. The van der Waals surface area contributed by atoms with Gasteiger partial charge in [0.25, 0.3) is 0 Å². The lowest BCUT2D eigenvalue weighted by molar-refractivity contribution is -0.121. The van der Waals surface area contributed by atoms with Crippen molar-refractivity contribution in [2.24, 2.45) is 5.73 Å². The van der Waals surface area contributed by atoms with E-state index in [9.17, 15) is 4.79 Å². The van der Waals surface area contributed by atoms with Crippen molar-refractivity contribution in [1.82, 2.24) is 4.90 Å². The molecule has 0 spiro atoms. The molecule has 20 heavy (non-hydrogen) atoms. The van der Waals surface area contributed by atoms with Crippen molar-refractivity contribution in [3.63, 3.8) is 0 Å². The number of carbonyl (C=O) groups excluding carboxylic acids is 1. The zero-order valence-corrected chi connectivity index (χ0v) is 12.1. The van der Waals surface area contributed by atoms with E-state index in [4.69, 9.17) is 10.5 Å². The molecule has 0 aliphatic carbocycles. The molecule has 0 aromatic heterocycles. The standard InChI is InChI=1S/C15H23N3O2/c1-11-8-18(9-12(2)20-11)10-15(19)17-14-6-4-3-5-13(14)7-16/h3-6,11-12H,7-10,16H2,1-2H3,(H,17,19)/t11-,12+. The van der Waals surface area contributed by atoms with Crippen LogP contribution in [0, 0.1) is 0 Å². The van der Waals surface area contributed by atoms with Crippen molar-refractivity contribution in [2.75, 3.05) is 25.0 Å². The van der Waals surface area contributed by atoms with Crippen molar-refractivity contribution in [2.45, 2.75) is 32.6 Å². The number of ether oxygens (including phenoxy) is 1. The maximum absolute atomic E-state index is 12.1. The Balaban J connectivity index is 1.92. The van der Waals surface area contributed by atoms with Crippen molar-refractivity contribution in [1.29, 1.82) is 0 Å². The molecule has 3 N–H and O–H groups in total. The number of nitrogens with two attached hydrogens (primary N) is 1. The maximum Gasteiger partial charge on any atom is 0.238 e. The molecular weight excluding hydrogens is 254 g/mol. The van der Waals surface area contributed by atoms with Crippen molar-refractivity contribution in [3.05, 3.63) is 29.8 Å². The molecule has 0 bridgehead atoms. The Morgan fingerprint density at radius 2 is 2.00 bits per heavy atom. The first-order chi connectivity index (χ1) is 9.58. The van der Waals surface area contributed by atoms with Crippen LogP contribution in [0.15, 0.2) is 24.3 Å². The lowest BCUT2D eigenvalue weighted by Crippen LogP contribution is -2.48. The Labute approximate surface area is 120 Å². The SMILES string of the molecule is C[C@@H]1CN(CC(=O)Nc2ccccc2CN)C[C@H](C)O1. The summed E-state index contributed by atoms with van der Waals surface area (Å²) in [5.41, 5.74) is 7.42. The largest absolute Gasteiger partial charge is 0.373 e. The van der Waals surface area contributed by atoms with Gasteiger partial charge >= 0.3 is 0 Å². The summed E-state index contributed by atoms with van der Waals surface area (Å²) in [4.78, 5) is 14.3. The van der Waals surface area contributed by atoms with E-state index in [-0.39, 0.29) is 18.1 Å². The van der Waals surface area contributed by atoms with Gasteiger partial charge in [0.1, 0.15) is 0 Å². The third kappa shape index (κ3) is 4.03. The fourth-order valence-corrected chi connectivity index (χ4v) is 2.63. The van der Waals surface area contributed by atoms with Gasteiger partial charge in [-0.15, -0.1) is 0 Å². The van der Waals surface area contributed by atoms with E-state index in [1.807, 2.05) is 38.1 Å². The summed E-state index contributed by atoms with van der Waals surface area (Å²) in [7, 11) is 0. The minimum atomic E-state index is -0.00722. The number of nitrogens with one attached hydrogen (secondary N) is 1. The van der Waals surface area contributed by atoms with Crippen LogP contribution in [0.3, 0.4) is 0 Å². The van der Waals surface area contributed by atoms with E-state index in [0.717, 1.165) is 24.3 Å². The predicted octanol–water partition coefficient (Wildman–Crippen LogP) is 1.19. The van der Waals surface area contributed by atoms with Gasteiger partial charge in [0.05, 0.1) is 18.8 Å². The van der Waals surface area contributed by atoms with Crippen LogP contribution < -0.4 is 11.1 Å². The molecule has 110 valence electrons. The van der Waals surface area contributed by atoms with Crippen molar-refractivity contribution < 1.29 is 9.53 Å². The molecule has 1 fully saturated rings. The number of para-hydroxylation sites is 1. The Kier molecular flexibility index (Phi) is 5.11. The van der Waals surface area contributed by atoms with Gasteiger partial charge in [0.15, 0.2) is 0 Å². The number of rotatable bonds is 4. The van der Waals surface area contributed by atoms with Gasteiger partial charge in [0.2, 0.25) is 5.91 Å². The molecule has 5 heteroatoms. The molecule has 1 aromatic rings. The second-order valence-corrected chi connectivity index (χ2v) is 5.36. The van der Waals surface area contributed by atoms with Gasteiger partial charge in [0, 0.05) is 25.3 Å². The van der Waals surface area contributed by atoms with Gasteiger partial charge in [-0.05, 0) is 25.5 Å². The topological polar surface area (TPSA) is 67.6 Å². The van der Waals surface area contributed by atoms with Crippen LogP contribution >= 0.6 is 0 Å². The highest BCUT2D eigenvalue weighted by atomic mass is 16.5. The lowest BCUT2D eigenvalue weighted by atomic mass is 10.2. The number of nitrogens with zero attached hydrogens (tertiary/aromatic N) is 1. The van der Waals surface area contributed by atoms with Gasteiger partial charge in [-0.1, -0.05) is 18.2 Å². The molecule has 1 aliphatic rings. The van der Waals surface area contributed by atoms with Crippen molar-refractivity contribution in [3.8, 4) is 0 Å². The summed E-state index contributed by atoms with van der Waals surface area (Å²) in [6, 6.07) is 7.62. The molecule has 5 nitrogen and oxygen atoms in total. The minimum absolute atomic E-state index is 0.00722. The molecule has 1 amide bonds. The lowest BCUT2D eigenvalue weighted by Gasteiger charge is -2.34. The van der Waals surface area contributed by atoms with E-state index >= 15 is 0 Å². The summed E-state index contributed by atoms with van der Waals surface area (Å²) < 4.78 is 5.66. The highest BCUT2D eigenvalue weighted by Gasteiger charge is 2.23. The van der Waals surface area contributed by atoms with Crippen LogP contribution in [0.1, 0.15) is 19.4 Å². The predicted molar refractivity (Wildman–Crippen MR) is 79.4 cm³/mol. The maximum atomic E-state index is 12.1. The summed E-state index contributed by atoms with van der Waals surface area (Å²) in [5.74, 6) is -0.00722. The van der Waals surface area contributed by atoms with Gasteiger partial charge in [-0.25, -0.2) is 0 Å². The molecular formula is C15H23N3O2. The zero-order valence-electron chi connectivity index (χ0n) is 12.1. The summed E-state index contributed by atoms with van der Waals surface area (Å²) in [6.07, 6.45) is 0.339. The van der Waals surface area contributed by atoms with Gasteiger partial charge in [-0.3, -0.25) is 9.69 Å². The molecule has 2 atom stereocenters. The second-order valence-electron chi connectivity index (χ2n) is 5.36. The first kappa shape index (κ1) is 15.0. The molecule has 1 saturated heterocycles. The van der Waals surface area contributed by atoms with E-state index in [1.165, 1.54) is 0 Å².